The third-order valence-corrected chi connectivity index (χ3v) is 4.62. The number of nitrogens with zero attached hydrogens (tertiary/aromatic N) is 1. The fraction of sp³-hybridized carbons (Fsp3) is 0.529. The van der Waals surface area contributed by atoms with Crippen molar-refractivity contribution in [1.29, 1.82) is 0 Å². The van der Waals surface area contributed by atoms with E-state index in [0.717, 1.165) is 0 Å². The van der Waals surface area contributed by atoms with Crippen molar-refractivity contribution >= 4 is 11.8 Å². The van der Waals surface area contributed by atoms with E-state index in [-0.39, 0.29) is 18.8 Å². The molecular weight excluding hydrogens is 298 g/mol. The lowest BCUT2D eigenvalue weighted by atomic mass is 9.67. The molecule has 0 aromatic heterocycles. The highest BCUT2D eigenvalue weighted by Crippen LogP contribution is 2.49. The molecule has 0 spiro atoms. The van der Waals surface area contributed by atoms with E-state index in [2.05, 4.69) is 0 Å². The Balaban J connectivity index is 2.60. The molecule has 0 unspecified atom stereocenters. The number of ether oxygens (including phenoxy) is 1. The first kappa shape index (κ1) is 17.1. The largest absolute Gasteiger partial charge is 0.465 e. The lowest BCUT2D eigenvalue weighted by Gasteiger charge is -2.34. The van der Waals surface area contributed by atoms with Crippen LogP contribution in [-0.4, -0.2) is 29.3 Å². The second-order valence-electron chi connectivity index (χ2n) is 5.88. The van der Waals surface area contributed by atoms with E-state index in [1.54, 1.807) is 37.3 Å². The zero-order chi connectivity index (χ0) is 17.0. The Bertz CT molecular complexity index is 600. The number of carbonyl (C=O) groups excluding carboxylic acids is 2. The van der Waals surface area contributed by atoms with Crippen LogP contribution in [-0.2, 0) is 14.3 Å². The van der Waals surface area contributed by atoms with Crippen molar-refractivity contribution in [1.82, 2.24) is 0 Å². The van der Waals surface area contributed by atoms with Crippen molar-refractivity contribution in [3.63, 3.8) is 0 Å². The average molecular weight is 319 g/mol. The lowest BCUT2D eigenvalue weighted by Crippen LogP contribution is -2.48. The Hall–Kier alpha value is -2.24. The molecule has 1 fully saturated rings. The van der Waals surface area contributed by atoms with Gasteiger partial charge in [-0.2, -0.15) is 0 Å². The van der Waals surface area contributed by atoms with Gasteiger partial charge >= 0.3 is 5.97 Å². The van der Waals surface area contributed by atoms with Crippen molar-refractivity contribution in [2.75, 3.05) is 6.61 Å². The van der Waals surface area contributed by atoms with Gasteiger partial charge in [0.05, 0.1) is 12.5 Å². The second kappa shape index (κ2) is 6.89. The molecule has 1 aliphatic carbocycles. The van der Waals surface area contributed by atoms with Gasteiger partial charge in [0, 0.05) is 18.3 Å². The van der Waals surface area contributed by atoms with Gasteiger partial charge in [-0.3, -0.25) is 19.7 Å². The maximum absolute atomic E-state index is 12.7. The minimum Gasteiger partial charge on any atom is -0.465 e. The Morgan fingerprint density at radius 1 is 1.39 bits per heavy atom. The molecule has 1 saturated carbocycles. The van der Waals surface area contributed by atoms with Crippen LogP contribution in [0.3, 0.4) is 0 Å². The summed E-state index contributed by atoms with van der Waals surface area (Å²) in [5.74, 6) is -1.71. The van der Waals surface area contributed by atoms with Crippen molar-refractivity contribution < 1.29 is 19.2 Å². The van der Waals surface area contributed by atoms with Gasteiger partial charge in [0.1, 0.15) is 5.41 Å². The van der Waals surface area contributed by atoms with Crippen LogP contribution >= 0.6 is 0 Å². The van der Waals surface area contributed by atoms with Gasteiger partial charge in [-0.1, -0.05) is 30.3 Å². The summed E-state index contributed by atoms with van der Waals surface area (Å²) >= 11 is 0. The van der Waals surface area contributed by atoms with Crippen LogP contribution in [0.15, 0.2) is 30.3 Å². The topological polar surface area (TPSA) is 86.5 Å². The third-order valence-electron chi connectivity index (χ3n) is 4.62. The molecule has 0 heterocycles. The highest BCUT2D eigenvalue weighted by Gasteiger charge is 2.59. The summed E-state index contributed by atoms with van der Waals surface area (Å²) in [6.45, 7) is 3.26. The molecule has 23 heavy (non-hydrogen) atoms. The summed E-state index contributed by atoms with van der Waals surface area (Å²) in [4.78, 5) is 36.3. The molecule has 6 nitrogen and oxygen atoms in total. The molecule has 6 heteroatoms. The number of carbonyl (C=O) groups is 2. The molecule has 2 rings (SSSR count). The Kier molecular flexibility index (Phi) is 5.13. The van der Waals surface area contributed by atoms with Crippen molar-refractivity contribution in [3.05, 3.63) is 46.0 Å². The predicted molar refractivity (Wildman–Crippen MR) is 83.6 cm³/mol. The predicted octanol–water partition coefficient (Wildman–Crippen LogP) is 2.74. The number of nitro groups is 1. The summed E-state index contributed by atoms with van der Waals surface area (Å²) in [6, 6.07) is 7.71. The van der Waals surface area contributed by atoms with Gasteiger partial charge in [-0.05, 0) is 25.3 Å². The molecule has 0 amide bonds. The molecule has 124 valence electrons. The van der Waals surface area contributed by atoms with E-state index in [9.17, 15) is 19.7 Å². The molecule has 1 aromatic rings. The molecule has 0 bridgehead atoms. The molecule has 0 saturated heterocycles. The molecule has 0 radical (unpaired) electrons. The SMILES string of the molecule is CCOC(=O)[C@]1([C@H](c2ccccc2)[C@@H](C)[N+](=O)[O-])CCCC1=O. The summed E-state index contributed by atoms with van der Waals surface area (Å²) in [6.07, 6.45) is 1.10. The van der Waals surface area contributed by atoms with Crippen molar-refractivity contribution in [2.45, 2.75) is 45.1 Å². The van der Waals surface area contributed by atoms with Crippen molar-refractivity contribution in [3.8, 4) is 0 Å². The van der Waals surface area contributed by atoms with E-state index in [4.69, 9.17) is 4.74 Å². The number of ketones is 1. The van der Waals surface area contributed by atoms with E-state index >= 15 is 0 Å². The summed E-state index contributed by atoms with van der Waals surface area (Å²) in [5.41, 5.74) is -0.830. The van der Waals surface area contributed by atoms with Crippen LogP contribution in [0.1, 0.15) is 44.6 Å². The summed E-state index contributed by atoms with van der Waals surface area (Å²) in [5, 5.41) is 11.4. The standard InChI is InChI=1S/C17H21NO5/c1-3-23-16(20)17(11-7-10-14(17)19)15(12(2)18(21)22)13-8-5-4-6-9-13/h4-6,8-9,12,15H,3,7,10-11H2,1-2H3/t12-,15+,17-/m1/s1. The average Bonchev–Trinajstić information content (AvgIpc) is 2.91. The maximum atomic E-state index is 12.7. The minimum absolute atomic E-state index is 0.141. The number of hydrogen-bond donors (Lipinski definition) is 0. The van der Waals surface area contributed by atoms with E-state index in [0.29, 0.717) is 18.4 Å². The molecular formula is C17H21NO5. The number of esters is 1. The van der Waals surface area contributed by atoms with Crippen molar-refractivity contribution in [2.24, 2.45) is 5.41 Å². The third kappa shape index (κ3) is 2.98. The van der Waals surface area contributed by atoms with Crippen LogP contribution in [0.2, 0.25) is 0 Å². The van der Waals surface area contributed by atoms with Crippen LogP contribution < -0.4 is 0 Å². The first-order chi connectivity index (χ1) is 10.9. The number of rotatable bonds is 6. The molecule has 1 aliphatic rings. The van der Waals surface area contributed by atoms with Gasteiger partial charge in [0.2, 0.25) is 6.04 Å². The molecule has 0 aliphatic heterocycles. The molecule has 1 aromatic carbocycles. The van der Waals surface area contributed by atoms with Gasteiger partial charge in [-0.25, -0.2) is 0 Å². The summed E-state index contributed by atoms with van der Waals surface area (Å²) in [7, 11) is 0. The minimum atomic E-state index is -1.45. The van der Waals surface area contributed by atoms with Crippen LogP contribution in [0.4, 0.5) is 0 Å². The van der Waals surface area contributed by atoms with E-state index < -0.39 is 28.3 Å². The number of benzene rings is 1. The Morgan fingerprint density at radius 2 is 2.04 bits per heavy atom. The monoisotopic (exact) mass is 319 g/mol. The first-order valence-electron chi connectivity index (χ1n) is 7.84. The van der Waals surface area contributed by atoms with Gasteiger partial charge in [-0.15, -0.1) is 0 Å². The highest BCUT2D eigenvalue weighted by atomic mass is 16.6. The zero-order valence-electron chi connectivity index (χ0n) is 13.4. The lowest BCUT2D eigenvalue weighted by molar-refractivity contribution is -0.524. The second-order valence-corrected chi connectivity index (χ2v) is 5.88. The zero-order valence-corrected chi connectivity index (χ0v) is 13.4. The first-order valence-corrected chi connectivity index (χ1v) is 7.84. The fourth-order valence-electron chi connectivity index (χ4n) is 3.58. The molecule has 0 N–H and O–H groups in total. The quantitative estimate of drug-likeness (QED) is 0.348. The smallest absolute Gasteiger partial charge is 0.320 e. The Morgan fingerprint density at radius 3 is 2.52 bits per heavy atom. The number of hydrogen-bond acceptors (Lipinski definition) is 5. The highest BCUT2D eigenvalue weighted by molar-refractivity contribution is 6.06. The van der Waals surface area contributed by atoms with Crippen LogP contribution in [0, 0.1) is 15.5 Å². The maximum Gasteiger partial charge on any atom is 0.320 e. The van der Waals surface area contributed by atoms with Gasteiger partial charge in [0.15, 0.2) is 5.78 Å². The van der Waals surface area contributed by atoms with Crippen LogP contribution in [0.5, 0.6) is 0 Å². The number of Topliss-reactive ketones (excluding diaryl/α,β-unsaturated/α-hetero) is 1. The van der Waals surface area contributed by atoms with E-state index in [1.165, 1.54) is 6.92 Å². The van der Waals surface area contributed by atoms with Gasteiger partial charge < -0.3 is 4.74 Å². The van der Waals surface area contributed by atoms with Gasteiger partial charge in [0.25, 0.3) is 0 Å². The van der Waals surface area contributed by atoms with E-state index in [1.807, 2.05) is 0 Å². The fourth-order valence-corrected chi connectivity index (χ4v) is 3.58. The normalized spacial score (nSPS) is 23.3. The molecule has 3 atom stereocenters. The summed E-state index contributed by atoms with van der Waals surface area (Å²) < 4.78 is 5.15. The Labute approximate surface area is 135 Å². The van der Waals surface area contributed by atoms with Crippen LogP contribution in [0.25, 0.3) is 0 Å².